The number of amides is 1. The highest BCUT2D eigenvalue weighted by Crippen LogP contribution is 2.38. The summed E-state index contributed by atoms with van der Waals surface area (Å²) in [6.07, 6.45) is -6.05. The summed E-state index contributed by atoms with van der Waals surface area (Å²) in [4.78, 5) is 12.1. The fourth-order valence-electron chi connectivity index (χ4n) is 2.23. The van der Waals surface area contributed by atoms with Crippen molar-refractivity contribution >= 4 is 56.8 Å². The molecule has 0 fully saturated rings. The van der Waals surface area contributed by atoms with Crippen molar-refractivity contribution in [2.75, 3.05) is 5.32 Å². The van der Waals surface area contributed by atoms with Crippen LogP contribution in [0.4, 0.5) is 36.4 Å². The Morgan fingerprint density at radius 3 is 1.81 bits per heavy atom. The molecule has 2 nitrogen and oxygen atoms in total. The van der Waals surface area contributed by atoms with Gasteiger partial charge in [0.2, 0.25) is 5.91 Å². The van der Waals surface area contributed by atoms with E-state index in [1.54, 1.807) is 17.4 Å². The van der Waals surface area contributed by atoms with Gasteiger partial charge in [0.1, 0.15) is 11.3 Å². The predicted molar refractivity (Wildman–Crippen MR) is 100 cm³/mol. The lowest BCUT2D eigenvalue weighted by molar-refractivity contribution is -0.143. The van der Waals surface area contributed by atoms with Crippen LogP contribution in [0.1, 0.15) is 16.7 Å². The maximum absolute atomic E-state index is 13.8. The quantitative estimate of drug-likeness (QED) is 0.257. The van der Waals surface area contributed by atoms with Crippen LogP contribution in [0.5, 0.6) is 0 Å². The molecule has 0 saturated heterocycles. The average molecular weight is 617 g/mol. The largest absolute Gasteiger partial charge is 0.422 e. The first-order chi connectivity index (χ1) is 12.3. The van der Waals surface area contributed by atoms with Gasteiger partial charge >= 0.3 is 6.18 Å². The average Bonchev–Trinajstić information content (AvgIpc) is 2.52. The predicted octanol–water partition coefficient (Wildman–Crippen LogP) is 5.96. The van der Waals surface area contributed by atoms with Crippen molar-refractivity contribution in [3.05, 3.63) is 59.2 Å². The summed E-state index contributed by atoms with van der Waals surface area (Å²) < 4.78 is 93.9. The van der Waals surface area contributed by atoms with E-state index in [9.17, 15) is 35.5 Å². The molecule has 2 aromatic rings. The fraction of sp³-hybridized carbons (Fsp3) is 0.188. The van der Waals surface area contributed by atoms with Gasteiger partial charge < -0.3 is 5.32 Å². The van der Waals surface area contributed by atoms with Crippen LogP contribution in [-0.4, -0.2) is 5.91 Å². The summed E-state index contributed by atoms with van der Waals surface area (Å²) in [5, 5.41) is 1.61. The minimum Gasteiger partial charge on any atom is -0.321 e. The molecule has 1 amide bonds. The van der Waals surface area contributed by atoms with E-state index in [4.69, 9.17) is 0 Å². The number of halogens is 9. The van der Waals surface area contributed by atoms with Gasteiger partial charge in [-0.1, -0.05) is 0 Å². The number of nitrogens with one attached hydrogen (secondary N) is 1. The van der Waals surface area contributed by atoms with E-state index in [0.717, 1.165) is 5.56 Å². The normalized spacial score (nSPS) is 11.6. The van der Waals surface area contributed by atoms with E-state index in [2.05, 4.69) is 0 Å². The van der Waals surface area contributed by atoms with Crippen LogP contribution < -0.4 is 5.32 Å². The molecule has 0 radical (unpaired) electrons. The molecule has 1 N–H and O–H groups in total. The molecule has 0 atom stereocenters. The standard InChI is InChI=1S/C16H8F7I2NO/c1-5-2-7(24)6(8(25)3-5)4-9(27)26-15-13(19)11(17)10(16(21,22)23)12(18)14(15)20/h2-3H,4H2,1H3,(H,26,27). The Labute approximate surface area is 175 Å². The Bertz CT molecular complexity index is 876. The molecule has 27 heavy (non-hydrogen) atoms. The topological polar surface area (TPSA) is 29.1 Å². The second kappa shape index (κ2) is 8.09. The second-order valence-electron chi connectivity index (χ2n) is 5.44. The first-order valence-corrected chi connectivity index (χ1v) is 9.17. The monoisotopic (exact) mass is 617 g/mol. The molecule has 0 bridgehead atoms. The van der Waals surface area contributed by atoms with Crippen LogP contribution in [0.3, 0.4) is 0 Å². The van der Waals surface area contributed by atoms with Crippen molar-refractivity contribution in [3.63, 3.8) is 0 Å². The van der Waals surface area contributed by atoms with Crippen molar-refractivity contribution in [3.8, 4) is 0 Å². The van der Waals surface area contributed by atoms with Gasteiger partial charge in [-0.3, -0.25) is 4.79 Å². The highest BCUT2D eigenvalue weighted by atomic mass is 127. The second-order valence-corrected chi connectivity index (χ2v) is 7.76. The zero-order chi connectivity index (χ0) is 20.7. The van der Waals surface area contributed by atoms with Crippen LogP contribution in [0, 0.1) is 37.3 Å². The Morgan fingerprint density at radius 2 is 1.41 bits per heavy atom. The maximum Gasteiger partial charge on any atom is 0.422 e. The van der Waals surface area contributed by atoms with Gasteiger partial charge in [0.05, 0.1) is 6.42 Å². The molecule has 0 spiro atoms. The molecule has 0 aliphatic carbocycles. The van der Waals surface area contributed by atoms with Crippen LogP contribution in [-0.2, 0) is 17.4 Å². The van der Waals surface area contributed by atoms with Crippen LogP contribution >= 0.6 is 45.2 Å². The lowest BCUT2D eigenvalue weighted by Gasteiger charge is -2.15. The zero-order valence-electron chi connectivity index (χ0n) is 13.2. The van der Waals surface area contributed by atoms with Gasteiger partial charge in [-0.05, 0) is 75.4 Å². The molecule has 0 heterocycles. The number of carbonyl (C=O) groups is 1. The van der Waals surface area contributed by atoms with Crippen LogP contribution in [0.2, 0.25) is 0 Å². The molecule has 146 valence electrons. The minimum absolute atomic E-state index is 0.403. The third-order valence-electron chi connectivity index (χ3n) is 3.43. The van der Waals surface area contributed by atoms with Crippen molar-refractivity contribution in [1.82, 2.24) is 0 Å². The molecule has 0 aromatic heterocycles. The van der Waals surface area contributed by atoms with Crippen molar-refractivity contribution in [2.24, 2.45) is 0 Å². The SMILES string of the molecule is Cc1cc(I)c(CC(=O)Nc2c(F)c(F)c(C(F)(F)F)c(F)c2F)c(I)c1. The van der Waals surface area contributed by atoms with E-state index in [1.165, 1.54) is 0 Å². The minimum atomic E-state index is -5.65. The Kier molecular flexibility index (Phi) is 6.64. The van der Waals surface area contributed by atoms with Crippen molar-refractivity contribution < 1.29 is 35.5 Å². The third kappa shape index (κ3) is 4.66. The fourth-order valence-corrected chi connectivity index (χ4v) is 4.69. The summed E-state index contributed by atoms with van der Waals surface area (Å²) in [6, 6.07) is 3.48. The van der Waals surface area contributed by atoms with Gasteiger partial charge in [0.25, 0.3) is 0 Å². The molecule has 11 heteroatoms. The number of hydrogen-bond donors (Lipinski definition) is 1. The number of carbonyl (C=O) groups excluding carboxylic acids is 1. The zero-order valence-corrected chi connectivity index (χ0v) is 17.5. The Hall–Kier alpha value is -1.12. The molecule has 0 aliphatic heterocycles. The van der Waals surface area contributed by atoms with Crippen molar-refractivity contribution in [1.29, 1.82) is 0 Å². The summed E-state index contributed by atoms with van der Waals surface area (Å²) in [6.45, 7) is 1.81. The number of rotatable bonds is 3. The smallest absolute Gasteiger partial charge is 0.321 e. The van der Waals surface area contributed by atoms with Crippen LogP contribution in [0.15, 0.2) is 12.1 Å². The maximum atomic E-state index is 13.8. The van der Waals surface area contributed by atoms with Gasteiger partial charge in [-0.2, -0.15) is 13.2 Å². The Morgan fingerprint density at radius 1 is 0.963 bits per heavy atom. The van der Waals surface area contributed by atoms with E-state index >= 15 is 0 Å². The summed E-state index contributed by atoms with van der Waals surface area (Å²) >= 11 is 3.87. The van der Waals surface area contributed by atoms with E-state index in [-0.39, 0.29) is 0 Å². The van der Waals surface area contributed by atoms with Crippen LogP contribution in [0.25, 0.3) is 0 Å². The third-order valence-corrected chi connectivity index (χ3v) is 5.36. The van der Waals surface area contributed by atoms with E-state index < -0.39 is 53.0 Å². The number of alkyl halides is 3. The first kappa shape index (κ1) is 22.2. The summed E-state index contributed by atoms with van der Waals surface area (Å²) in [5.74, 6) is -11.0. The van der Waals surface area contributed by atoms with E-state index in [1.807, 2.05) is 52.1 Å². The number of benzene rings is 2. The van der Waals surface area contributed by atoms with Gasteiger partial charge in [-0.15, -0.1) is 0 Å². The number of anilines is 1. The lowest BCUT2D eigenvalue weighted by Crippen LogP contribution is -2.21. The molecular weight excluding hydrogens is 609 g/mol. The van der Waals surface area contributed by atoms with Crippen molar-refractivity contribution in [2.45, 2.75) is 19.5 Å². The molecule has 0 unspecified atom stereocenters. The number of aryl methyl sites for hydroxylation is 1. The number of hydrogen-bond acceptors (Lipinski definition) is 1. The molecule has 0 aliphatic rings. The first-order valence-electron chi connectivity index (χ1n) is 7.02. The highest BCUT2D eigenvalue weighted by molar-refractivity contribution is 14.1. The van der Waals surface area contributed by atoms with E-state index in [0.29, 0.717) is 12.7 Å². The highest BCUT2D eigenvalue weighted by Gasteiger charge is 2.42. The Balaban J connectivity index is 2.40. The summed E-state index contributed by atoms with van der Waals surface area (Å²) in [5.41, 5.74) is -2.91. The van der Waals surface area contributed by atoms with Gasteiger partial charge in [-0.25, -0.2) is 17.6 Å². The van der Waals surface area contributed by atoms with Gasteiger partial charge in [0, 0.05) is 7.14 Å². The molecular formula is C16H8F7I2NO. The molecule has 2 rings (SSSR count). The van der Waals surface area contributed by atoms with Gasteiger partial charge in [0.15, 0.2) is 23.3 Å². The summed E-state index contributed by atoms with van der Waals surface area (Å²) in [7, 11) is 0. The molecule has 0 saturated carbocycles. The molecule has 2 aromatic carbocycles. The lowest BCUT2D eigenvalue weighted by atomic mass is 10.1.